The molecule has 1 aromatic carbocycles. The fraction of sp³-hybridized carbons (Fsp3) is 0.286. The summed E-state index contributed by atoms with van der Waals surface area (Å²) in [5.74, 6) is -2.70. The van der Waals surface area contributed by atoms with Gasteiger partial charge in [0.1, 0.15) is 11.7 Å². The van der Waals surface area contributed by atoms with Crippen LogP contribution in [0.4, 0.5) is 23.1 Å². The lowest BCUT2D eigenvalue weighted by Gasteiger charge is -2.36. The van der Waals surface area contributed by atoms with Crippen LogP contribution in [0, 0.1) is 0 Å². The maximum Gasteiger partial charge on any atom is 0.326 e. The Labute approximate surface area is 193 Å². The number of hydrogen-bond donors (Lipinski definition) is 7. The number of aromatic amines is 1. The highest BCUT2D eigenvalue weighted by Crippen LogP contribution is 2.27. The summed E-state index contributed by atoms with van der Waals surface area (Å²) in [4.78, 5) is 54.9. The molecule has 0 unspecified atom stereocenters. The number of carbonyl (C=O) groups excluding carboxylic acids is 1. The SMILES string of the molecule is C=C(Nc1ccc(C(=O)N[C@@H](CCC(=O)O)C(=O)O)cc1)[C@H]1CNc2nc(N)[nH]c(=O)c2N1C. The van der Waals surface area contributed by atoms with Crippen molar-refractivity contribution in [2.45, 2.75) is 24.9 Å². The molecule has 0 spiro atoms. The lowest BCUT2D eigenvalue weighted by Crippen LogP contribution is -2.47. The highest BCUT2D eigenvalue weighted by molar-refractivity contribution is 5.97. The third kappa shape index (κ3) is 5.43. The summed E-state index contributed by atoms with van der Waals surface area (Å²) in [5, 5.41) is 26.5. The molecule has 13 heteroatoms. The number of anilines is 4. The zero-order valence-electron chi connectivity index (χ0n) is 18.3. The van der Waals surface area contributed by atoms with E-state index in [1.54, 1.807) is 24.1 Å². The van der Waals surface area contributed by atoms with E-state index in [9.17, 15) is 24.3 Å². The smallest absolute Gasteiger partial charge is 0.326 e. The molecular formula is C21H25N7O6. The molecule has 0 aliphatic carbocycles. The predicted molar refractivity (Wildman–Crippen MR) is 125 cm³/mol. The number of nitrogen functional groups attached to an aromatic ring is 1. The number of rotatable bonds is 9. The van der Waals surface area contributed by atoms with E-state index >= 15 is 0 Å². The average Bonchev–Trinajstić information content (AvgIpc) is 2.76. The molecule has 13 nitrogen and oxygen atoms in total. The van der Waals surface area contributed by atoms with E-state index in [-0.39, 0.29) is 36.0 Å². The molecule has 3 rings (SSSR count). The first-order valence-electron chi connectivity index (χ1n) is 10.2. The molecule has 2 heterocycles. The molecule has 8 N–H and O–H groups in total. The Hall–Kier alpha value is -4.55. The van der Waals surface area contributed by atoms with Gasteiger partial charge < -0.3 is 36.8 Å². The Balaban J connectivity index is 1.64. The van der Waals surface area contributed by atoms with Crippen molar-refractivity contribution in [1.29, 1.82) is 0 Å². The van der Waals surface area contributed by atoms with Crippen molar-refractivity contribution in [3.8, 4) is 0 Å². The number of nitrogens with two attached hydrogens (primary N) is 1. The highest BCUT2D eigenvalue weighted by Gasteiger charge is 2.29. The largest absolute Gasteiger partial charge is 0.481 e. The van der Waals surface area contributed by atoms with Crippen LogP contribution in [0.3, 0.4) is 0 Å². The minimum absolute atomic E-state index is 0.0146. The van der Waals surface area contributed by atoms with Crippen LogP contribution in [-0.2, 0) is 9.59 Å². The number of amides is 1. The molecule has 180 valence electrons. The van der Waals surface area contributed by atoms with E-state index in [1.807, 2.05) is 0 Å². The van der Waals surface area contributed by atoms with Crippen molar-refractivity contribution >= 4 is 41.0 Å². The molecule has 0 saturated carbocycles. The van der Waals surface area contributed by atoms with Crippen molar-refractivity contribution in [2.75, 3.05) is 34.9 Å². The quantitative estimate of drug-likeness (QED) is 0.264. The van der Waals surface area contributed by atoms with Gasteiger partial charge in [-0.05, 0) is 30.7 Å². The van der Waals surface area contributed by atoms with E-state index in [4.69, 9.17) is 10.8 Å². The molecule has 1 amide bonds. The van der Waals surface area contributed by atoms with Gasteiger partial charge in [0.25, 0.3) is 11.5 Å². The molecule has 0 saturated heterocycles. The van der Waals surface area contributed by atoms with Gasteiger partial charge in [0.15, 0.2) is 5.82 Å². The van der Waals surface area contributed by atoms with Crippen molar-refractivity contribution in [3.63, 3.8) is 0 Å². The maximum absolute atomic E-state index is 12.4. The van der Waals surface area contributed by atoms with Crippen LogP contribution in [0.2, 0.25) is 0 Å². The molecule has 1 aromatic heterocycles. The van der Waals surface area contributed by atoms with Gasteiger partial charge in [0.2, 0.25) is 5.95 Å². The van der Waals surface area contributed by atoms with Crippen LogP contribution in [0.5, 0.6) is 0 Å². The molecule has 1 aliphatic heterocycles. The van der Waals surface area contributed by atoms with Crippen molar-refractivity contribution in [1.82, 2.24) is 15.3 Å². The first-order valence-corrected chi connectivity index (χ1v) is 10.2. The monoisotopic (exact) mass is 471 g/mol. The van der Waals surface area contributed by atoms with Crippen LogP contribution in [0.15, 0.2) is 41.3 Å². The second-order valence-electron chi connectivity index (χ2n) is 7.68. The molecule has 0 fully saturated rings. The third-order valence-corrected chi connectivity index (χ3v) is 5.30. The summed E-state index contributed by atoms with van der Waals surface area (Å²) in [6.07, 6.45) is -0.612. The molecule has 2 atom stereocenters. The van der Waals surface area contributed by atoms with Gasteiger partial charge >= 0.3 is 11.9 Å². The number of nitrogens with zero attached hydrogens (tertiary/aromatic N) is 2. The minimum Gasteiger partial charge on any atom is -0.481 e. The average molecular weight is 471 g/mol. The lowest BCUT2D eigenvalue weighted by atomic mass is 10.1. The number of carboxylic acid groups (broad SMARTS) is 2. The summed E-state index contributed by atoms with van der Waals surface area (Å²) >= 11 is 0. The predicted octanol–water partition coefficient (Wildman–Crippen LogP) is 0.256. The molecule has 0 bridgehead atoms. The van der Waals surface area contributed by atoms with Gasteiger partial charge in [-0.1, -0.05) is 6.58 Å². The van der Waals surface area contributed by atoms with Gasteiger partial charge in [-0.2, -0.15) is 4.98 Å². The fourth-order valence-electron chi connectivity index (χ4n) is 3.52. The van der Waals surface area contributed by atoms with E-state index in [0.29, 0.717) is 29.4 Å². The van der Waals surface area contributed by atoms with Crippen molar-refractivity contribution < 1.29 is 24.6 Å². The van der Waals surface area contributed by atoms with Crippen LogP contribution >= 0.6 is 0 Å². The first-order chi connectivity index (χ1) is 16.1. The van der Waals surface area contributed by atoms with E-state index in [2.05, 4.69) is 32.5 Å². The second kappa shape index (κ2) is 9.94. The van der Waals surface area contributed by atoms with Crippen LogP contribution in [0.25, 0.3) is 0 Å². The number of hydrogen-bond acceptors (Lipinski definition) is 9. The molecule has 0 radical (unpaired) electrons. The third-order valence-electron chi connectivity index (χ3n) is 5.30. The number of likely N-dealkylation sites (N-methyl/N-ethyl adjacent to an activating group) is 1. The number of benzene rings is 1. The molecule has 34 heavy (non-hydrogen) atoms. The first kappa shape index (κ1) is 24.1. The van der Waals surface area contributed by atoms with E-state index < -0.39 is 23.9 Å². The van der Waals surface area contributed by atoms with Crippen LogP contribution < -0.4 is 32.1 Å². The van der Waals surface area contributed by atoms with E-state index in [0.717, 1.165) is 0 Å². The van der Waals surface area contributed by atoms with Gasteiger partial charge in [-0.15, -0.1) is 0 Å². The maximum atomic E-state index is 12.4. The molecule has 1 aliphatic rings. The Morgan fingerprint density at radius 2 is 1.97 bits per heavy atom. The zero-order valence-corrected chi connectivity index (χ0v) is 18.3. The highest BCUT2D eigenvalue weighted by atomic mass is 16.4. The summed E-state index contributed by atoms with van der Waals surface area (Å²) < 4.78 is 0. The standard InChI is InChI=1S/C21H25N7O6/c1-10(14-9-23-17-16(28(14)2)19(32)27-21(22)26-17)24-12-5-3-11(4-6-12)18(31)25-13(20(33)34)7-8-15(29)30/h3-6,13-14,24H,1,7-9H2,2H3,(H,25,31)(H,29,30)(H,33,34)(H4,22,23,26,27,32)/t13-,14+/m0/s1. The van der Waals surface area contributed by atoms with Crippen LogP contribution in [0.1, 0.15) is 23.2 Å². The number of carboxylic acids is 2. The Kier molecular flexibility index (Phi) is 7.04. The summed E-state index contributed by atoms with van der Waals surface area (Å²) in [5.41, 5.74) is 6.94. The Morgan fingerprint density at radius 3 is 2.59 bits per heavy atom. The van der Waals surface area contributed by atoms with Gasteiger partial charge in [0, 0.05) is 37.0 Å². The summed E-state index contributed by atoms with van der Waals surface area (Å²) in [7, 11) is 1.74. The van der Waals surface area contributed by atoms with Gasteiger partial charge in [-0.3, -0.25) is 19.4 Å². The Bertz CT molecular complexity index is 1180. The minimum atomic E-state index is -1.31. The van der Waals surface area contributed by atoms with Gasteiger partial charge in [-0.25, -0.2) is 4.79 Å². The topological polar surface area (TPSA) is 203 Å². The van der Waals surface area contributed by atoms with Crippen molar-refractivity contribution in [3.05, 3.63) is 52.5 Å². The lowest BCUT2D eigenvalue weighted by molar-refractivity contribution is -0.140. The second-order valence-corrected chi connectivity index (χ2v) is 7.68. The zero-order chi connectivity index (χ0) is 25.0. The Morgan fingerprint density at radius 1 is 1.29 bits per heavy atom. The number of aliphatic carboxylic acids is 2. The number of fused-ring (bicyclic) bond motifs is 1. The van der Waals surface area contributed by atoms with Crippen molar-refractivity contribution in [2.24, 2.45) is 0 Å². The molecular weight excluding hydrogens is 446 g/mol. The molecule has 2 aromatic rings. The summed E-state index contributed by atoms with van der Waals surface area (Å²) in [6.45, 7) is 4.47. The fourth-order valence-corrected chi connectivity index (χ4v) is 3.52. The van der Waals surface area contributed by atoms with Crippen LogP contribution in [-0.4, -0.2) is 63.7 Å². The number of aromatic nitrogens is 2. The number of H-pyrrole nitrogens is 1. The number of nitrogens with one attached hydrogen (secondary N) is 4. The normalized spacial score (nSPS) is 15.4. The summed E-state index contributed by atoms with van der Waals surface area (Å²) in [6, 6.07) is 4.62. The number of carbonyl (C=O) groups is 3. The van der Waals surface area contributed by atoms with Gasteiger partial charge in [0.05, 0.1) is 6.04 Å². The van der Waals surface area contributed by atoms with E-state index in [1.165, 1.54) is 12.1 Å².